The molecule has 1 unspecified atom stereocenters. The van der Waals surface area contributed by atoms with Crippen LogP contribution in [0.5, 0.6) is 0 Å². The van der Waals surface area contributed by atoms with Crippen molar-refractivity contribution in [2.24, 2.45) is 0 Å². The largest absolute Gasteiger partial charge is 0.305 e. The molecule has 0 fully saturated rings. The van der Waals surface area contributed by atoms with Crippen LogP contribution in [0.4, 0.5) is 0 Å². The number of rotatable bonds is 4. The monoisotopic (exact) mass is 240 g/mol. The summed E-state index contributed by atoms with van der Waals surface area (Å²) in [5.41, 5.74) is 4.75. The highest BCUT2D eigenvalue weighted by Crippen LogP contribution is 2.23. The maximum Gasteiger partial charge on any atom is 0.0754 e. The maximum absolute atomic E-state index is 4.65. The first-order valence-electron chi connectivity index (χ1n) is 6.45. The molecule has 1 atom stereocenters. The van der Waals surface area contributed by atoms with Crippen LogP contribution in [0, 0.1) is 13.8 Å². The van der Waals surface area contributed by atoms with Crippen molar-refractivity contribution in [3.63, 3.8) is 0 Å². The molecule has 1 heterocycles. The highest BCUT2D eigenvalue weighted by atomic mass is 14.9. The van der Waals surface area contributed by atoms with Gasteiger partial charge in [-0.15, -0.1) is 0 Å². The van der Waals surface area contributed by atoms with Crippen molar-refractivity contribution >= 4 is 0 Å². The summed E-state index contributed by atoms with van der Waals surface area (Å²) in [6.07, 6.45) is 0. The summed E-state index contributed by atoms with van der Waals surface area (Å²) in [4.78, 5) is 4.65. The first kappa shape index (κ1) is 12.8. The SMILES string of the molecule is CCNC(c1cccc(C)n1)c1ccccc1C. The van der Waals surface area contributed by atoms with Crippen LogP contribution in [0.3, 0.4) is 0 Å². The van der Waals surface area contributed by atoms with Gasteiger partial charge >= 0.3 is 0 Å². The summed E-state index contributed by atoms with van der Waals surface area (Å²) in [5.74, 6) is 0. The molecule has 0 bridgehead atoms. The molecule has 0 aliphatic heterocycles. The zero-order valence-corrected chi connectivity index (χ0v) is 11.3. The van der Waals surface area contributed by atoms with Gasteiger partial charge in [-0.05, 0) is 43.7 Å². The van der Waals surface area contributed by atoms with Crippen LogP contribution >= 0.6 is 0 Å². The van der Waals surface area contributed by atoms with E-state index in [4.69, 9.17) is 0 Å². The molecule has 0 saturated carbocycles. The van der Waals surface area contributed by atoms with Crippen LogP contribution in [0.15, 0.2) is 42.5 Å². The highest BCUT2D eigenvalue weighted by molar-refractivity contribution is 5.34. The van der Waals surface area contributed by atoms with Crippen molar-refractivity contribution in [3.8, 4) is 0 Å². The number of hydrogen-bond donors (Lipinski definition) is 1. The van der Waals surface area contributed by atoms with E-state index in [0.717, 1.165) is 17.9 Å². The summed E-state index contributed by atoms with van der Waals surface area (Å²) >= 11 is 0. The smallest absolute Gasteiger partial charge is 0.0754 e. The molecule has 18 heavy (non-hydrogen) atoms. The lowest BCUT2D eigenvalue weighted by molar-refractivity contribution is 0.611. The Morgan fingerprint density at radius 1 is 1.06 bits per heavy atom. The second-order valence-corrected chi connectivity index (χ2v) is 4.55. The predicted octanol–water partition coefficient (Wildman–Crippen LogP) is 3.40. The van der Waals surface area contributed by atoms with Crippen LogP contribution in [0.25, 0.3) is 0 Å². The Balaban J connectivity index is 2.43. The maximum atomic E-state index is 4.65. The van der Waals surface area contributed by atoms with Gasteiger partial charge in [-0.25, -0.2) is 0 Å². The lowest BCUT2D eigenvalue weighted by Gasteiger charge is -2.20. The summed E-state index contributed by atoms with van der Waals surface area (Å²) in [6.45, 7) is 7.23. The Morgan fingerprint density at radius 3 is 2.50 bits per heavy atom. The van der Waals surface area contributed by atoms with Gasteiger partial charge in [-0.2, -0.15) is 0 Å². The molecule has 1 aromatic carbocycles. The third-order valence-corrected chi connectivity index (χ3v) is 3.11. The van der Waals surface area contributed by atoms with E-state index in [-0.39, 0.29) is 6.04 Å². The van der Waals surface area contributed by atoms with E-state index in [2.05, 4.69) is 60.5 Å². The number of aryl methyl sites for hydroxylation is 2. The van der Waals surface area contributed by atoms with Crippen LogP contribution in [-0.4, -0.2) is 11.5 Å². The Kier molecular flexibility index (Phi) is 4.11. The summed E-state index contributed by atoms with van der Waals surface area (Å²) in [6, 6.07) is 14.9. The van der Waals surface area contributed by atoms with E-state index >= 15 is 0 Å². The lowest BCUT2D eigenvalue weighted by atomic mass is 9.98. The molecule has 2 rings (SSSR count). The fraction of sp³-hybridized carbons (Fsp3) is 0.312. The molecule has 0 amide bonds. The van der Waals surface area contributed by atoms with Crippen molar-refractivity contribution in [2.75, 3.05) is 6.54 Å². The third kappa shape index (κ3) is 2.77. The minimum absolute atomic E-state index is 0.177. The third-order valence-electron chi connectivity index (χ3n) is 3.11. The van der Waals surface area contributed by atoms with E-state index in [1.165, 1.54) is 11.1 Å². The second kappa shape index (κ2) is 5.78. The average Bonchev–Trinajstić information content (AvgIpc) is 2.37. The Hall–Kier alpha value is -1.67. The molecular formula is C16H20N2. The molecular weight excluding hydrogens is 220 g/mol. The minimum atomic E-state index is 0.177. The van der Waals surface area contributed by atoms with Crippen LogP contribution < -0.4 is 5.32 Å². The summed E-state index contributed by atoms with van der Waals surface area (Å²) in [5, 5.41) is 3.52. The standard InChI is InChI=1S/C16H20N2/c1-4-17-16(14-10-6-5-8-12(14)2)15-11-7-9-13(3)18-15/h5-11,16-17H,4H2,1-3H3. The van der Waals surface area contributed by atoms with Crippen LogP contribution in [0.1, 0.15) is 35.5 Å². The zero-order chi connectivity index (χ0) is 13.0. The molecule has 1 N–H and O–H groups in total. The highest BCUT2D eigenvalue weighted by Gasteiger charge is 2.15. The van der Waals surface area contributed by atoms with Gasteiger partial charge in [0, 0.05) is 5.69 Å². The number of pyridine rings is 1. The number of nitrogens with zero attached hydrogens (tertiary/aromatic N) is 1. The minimum Gasteiger partial charge on any atom is -0.305 e. The van der Waals surface area contributed by atoms with Crippen molar-refractivity contribution in [3.05, 3.63) is 65.0 Å². The lowest BCUT2D eigenvalue weighted by Crippen LogP contribution is -2.23. The van der Waals surface area contributed by atoms with Crippen molar-refractivity contribution < 1.29 is 0 Å². The molecule has 0 aliphatic rings. The number of nitrogens with one attached hydrogen (secondary N) is 1. The molecule has 2 aromatic rings. The normalized spacial score (nSPS) is 12.4. The van der Waals surface area contributed by atoms with E-state index in [1.54, 1.807) is 0 Å². The Bertz CT molecular complexity index is 520. The van der Waals surface area contributed by atoms with Gasteiger partial charge in [0.05, 0.1) is 11.7 Å². The molecule has 2 nitrogen and oxygen atoms in total. The average molecular weight is 240 g/mol. The molecule has 0 radical (unpaired) electrons. The summed E-state index contributed by atoms with van der Waals surface area (Å²) < 4.78 is 0. The van der Waals surface area contributed by atoms with Crippen molar-refractivity contribution in [1.29, 1.82) is 0 Å². The first-order chi connectivity index (χ1) is 8.72. The fourth-order valence-corrected chi connectivity index (χ4v) is 2.21. The number of benzene rings is 1. The van der Waals surface area contributed by atoms with E-state index < -0.39 is 0 Å². The van der Waals surface area contributed by atoms with Crippen LogP contribution in [0.2, 0.25) is 0 Å². The Morgan fingerprint density at radius 2 is 1.83 bits per heavy atom. The molecule has 0 aliphatic carbocycles. The number of aromatic nitrogens is 1. The van der Waals surface area contributed by atoms with Gasteiger partial charge in [0.2, 0.25) is 0 Å². The first-order valence-corrected chi connectivity index (χ1v) is 6.45. The van der Waals surface area contributed by atoms with Gasteiger partial charge < -0.3 is 5.32 Å². The van der Waals surface area contributed by atoms with Crippen LogP contribution in [-0.2, 0) is 0 Å². The molecule has 0 saturated heterocycles. The molecule has 94 valence electrons. The van der Waals surface area contributed by atoms with Gasteiger partial charge in [0.15, 0.2) is 0 Å². The van der Waals surface area contributed by atoms with Crippen molar-refractivity contribution in [1.82, 2.24) is 10.3 Å². The van der Waals surface area contributed by atoms with Gasteiger partial charge in [-0.3, -0.25) is 4.98 Å². The molecule has 1 aromatic heterocycles. The zero-order valence-electron chi connectivity index (χ0n) is 11.3. The topological polar surface area (TPSA) is 24.9 Å². The summed E-state index contributed by atoms with van der Waals surface area (Å²) in [7, 11) is 0. The quantitative estimate of drug-likeness (QED) is 0.886. The Labute approximate surface area is 109 Å². The van der Waals surface area contributed by atoms with Gasteiger partial charge in [0.1, 0.15) is 0 Å². The molecule has 0 spiro atoms. The van der Waals surface area contributed by atoms with Gasteiger partial charge in [0.25, 0.3) is 0 Å². The van der Waals surface area contributed by atoms with E-state index in [0.29, 0.717) is 0 Å². The fourth-order valence-electron chi connectivity index (χ4n) is 2.21. The number of hydrogen-bond acceptors (Lipinski definition) is 2. The molecule has 2 heteroatoms. The predicted molar refractivity (Wildman–Crippen MR) is 75.7 cm³/mol. The second-order valence-electron chi connectivity index (χ2n) is 4.55. The van der Waals surface area contributed by atoms with E-state index in [9.17, 15) is 0 Å². The van der Waals surface area contributed by atoms with E-state index in [1.807, 2.05) is 13.0 Å². The van der Waals surface area contributed by atoms with Gasteiger partial charge in [-0.1, -0.05) is 37.3 Å². The van der Waals surface area contributed by atoms with Crippen molar-refractivity contribution in [2.45, 2.75) is 26.8 Å².